The summed E-state index contributed by atoms with van der Waals surface area (Å²) >= 11 is 0. The minimum absolute atomic E-state index is 0.158. The van der Waals surface area contributed by atoms with E-state index in [2.05, 4.69) is 0 Å². The summed E-state index contributed by atoms with van der Waals surface area (Å²) < 4.78 is 16.8. The second-order valence-corrected chi connectivity index (χ2v) is 6.83. The van der Waals surface area contributed by atoms with Crippen LogP contribution in [-0.4, -0.2) is 31.3 Å². The SMILES string of the molecule is COc1ccc(N2C(=O)c3c(OC)cccc3C2O)cc1OC1CCCC1. The molecule has 1 heterocycles. The molecule has 2 aliphatic rings. The number of ether oxygens (including phenoxy) is 3. The quantitative estimate of drug-likeness (QED) is 0.871. The van der Waals surface area contributed by atoms with E-state index in [1.54, 1.807) is 43.5 Å². The number of benzene rings is 2. The Morgan fingerprint density at radius 1 is 1.00 bits per heavy atom. The van der Waals surface area contributed by atoms with E-state index in [9.17, 15) is 9.90 Å². The number of carbonyl (C=O) groups is 1. The van der Waals surface area contributed by atoms with E-state index >= 15 is 0 Å². The first-order valence-electron chi connectivity index (χ1n) is 9.17. The van der Waals surface area contributed by atoms with E-state index in [4.69, 9.17) is 14.2 Å². The molecule has 2 aromatic carbocycles. The molecule has 1 saturated carbocycles. The van der Waals surface area contributed by atoms with Gasteiger partial charge < -0.3 is 19.3 Å². The maximum atomic E-state index is 13.0. The van der Waals surface area contributed by atoms with Crippen LogP contribution in [0.1, 0.15) is 47.8 Å². The molecule has 1 fully saturated rings. The first kappa shape index (κ1) is 17.7. The Balaban J connectivity index is 1.70. The van der Waals surface area contributed by atoms with E-state index in [-0.39, 0.29) is 12.0 Å². The predicted octanol–water partition coefficient (Wildman–Crippen LogP) is 3.68. The lowest BCUT2D eigenvalue weighted by Crippen LogP contribution is -2.27. The van der Waals surface area contributed by atoms with Crippen molar-refractivity contribution in [2.45, 2.75) is 38.0 Å². The third-order valence-corrected chi connectivity index (χ3v) is 5.25. The van der Waals surface area contributed by atoms with Gasteiger partial charge in [-0.3, -0.25) is 9.69 Å². The second-order valence-electron chi connectivity index (χ2n) is 6.83. The lowest BCUT2D eigenvalue weighted by atomic mass is 10.1. The summed E-state index contributed by atoms with van der Waals surface area (Å²) in [6, 6.07) is 10.5. The predicted molar refractivity (Wildman–Crippen MR) is 101 cm³/mol. The molecule has 27 heavy (non-hydrogen) atoms. The molecular formula is C21H23NO5. The number of hydrogen-bond donors (Lipinski definition) is 1. The largest absolute Gasteiger partial charge is 0.496 e. The van der Waals surface area contributed by atoms with Gasteiger partial charge in [0.2, 0.25) is 0 Å². The second kappa shape index (κ2) is 7.12. The number of fused-ring (bicyclic) bond motifs is 1. The Morgan fingerprint density at radius 3 is 2.44 bits per heavy atom. The lowest BCUT2D eigenvalue weighted by Gasteiger charge is -2.23. The van der Waals surface area contributed by atoms with E-state index in [0.29, 0.717) is 34.1 Å². The number of carbonyl (C=O) groups excluding carboxylic acids is 1. The van der Waals surface area contributed by atoms with Crippen molar-refractivity contribution >= 4 is 11.6 Å². The van der Waals surface area contributed by atoms with Gasteiger partial charge in [-0.1, -0.05) is 12.1 Å². The molecule has 6 nitrogen and oxygen atoms in total. The minimum Gasteiger partial charge on any atom is -0.496 e. The van der Waals surface area contributed by atoms with Gasteiger partial charge in [0.1, 0.15) is 5.75 Å². The maximum absolute atomic E-state index is 13.0. The number of amides is 1. The Hall–Kier alpha value is -2.73. The summed E-state index contributed by atoms with van der Waals surface area (Å²) in [5.74, 6) is 1.36. The Bertz CT molecular complexity index is 860. The van der Waals surface area contributed by atoms with Crippen LogP contribution < -0.4 is 19.1 Å². The maximum Gasteiger partial charge on any atom is 0.264 e. The topological polar surface area (TPSA) is 68.2 Å². The van der Waals surface area contributed by atoms with Crippen LogP contribution in [0.3, 0.4) is 0 Å². The lowest BCUT2D eigenvalue weighted by molar-refractivity contribution is 0.0933. The Kier molecular flexibility index (Phi) is 4.66. The van der Waals surface area contributed by atoms with E-state index in [1.165, 1.54) is 12.0 Å². The average Bonchev–Trinajstić information content (AvgIpc) is 3.28. The van der Waals surface area contributed by atoms with Crippen molar-refractivity contribution in [1.82, 2.24) is 0 Å². The Labute approximate surface area is 158 Å². The van der Waals surface area contributed by atoms with Gasteiger partial charge in [0.05, 0.1) is 31.6 Å². The molecule has 6 heteroatoms. The monoisotopic (exact) mass is 369 g/mol. The first-order chi connectivity index (χ1) is 13.1. The van der Waals surface area contributed by atoms with Crippen molar-refractivity contribution in [3.05, 3.63) is 47.5 Å². The summed E-state index contributed by atoms with van der Waals surface area (Å²) in [7, 11) is 3.10. The molecule has 1 aliphatic carbocycles. The highest BCUT2D eigenvalue weighted by molar-refractivity contribution is 6.12. The van der Waals surface area contributed by atoms with Crippen LogP contribution in [0, 0.1) is 0 Å². The van der Waals surface area contributed by atoms with Gasteiger partial charge in [0.25, 0.3) is 5.91 Å². The van der Waals surface area contributed by atoms with Crippen LogP contribution in [0.25, 0.3) is 0 Å². The molecule has 0 aromatic heterocycles. The molecule has 2 aromatic rings. The molecule has 1 amide bonds. The average molecular weight is 369 g/mol. The third-order valence-electron chi connectivity index (χ3n) is 5.25. The number of aliphatic hydroxyl groups is 1. The molecule has 0 spiro atoms. The molecule has 1 N–H and O–H groups in total. The normalized spacial score (nSPS) is 19.3. The molecular weight excluding hydrogens is 346 g/mol. The van der Waals surface area contributed by atoms with Gasteiger partial charge >= 0.3 is 0 Å². The third kappa shape index (κ3) is 3.00. The van der Waals surface area contributed by atoms with Crippen molar-refractivity contribution in [1.29, 1.82) is 0 Å². The summed E-state index contributed by atoms with van der Waals surface area (Å²) in [4.78, 5) is 14.4. The fourth-order valence-corrected chi connectivity index (χ4v) is 3.88. The number of nitrogens with zero attached hydrogens (tertiary/aromatic N) is 1. The number of rotatable bonds is 5. The standard InChI is InChI=1S/C21H23NO5/c1-25-16-11-10-13(12-18(16)27-14-6-3-4-7-14)22-20(23)15-8-5-9-17(26-2)19(15)21(22)24/h5,8-12,14,20,23H,3-4,6-7H2,1-2H3. The van der Waals surface area contributed by atoms with Crippen LogP contribution in [0.2, 0.25) is 0 Å². The molecule has 0 saturated heterocycles. The fourth-order valence-electron chi connectivity index (χ4n) is 3.88. The zero-order valence-corrected chi connectivity index (χ0v) is 15.5. The number of methoxy groups -OCH3 is 2. The van der Waals surface area contributed by atoms with Gasteiger partial charge in [0, 0.05) is 11.6 Å². The first-order valence-corrected chi connectivity index (χ1v) is 9.17. The molecule has 0 bridgehead atoms. The van der Waals surface area contributed by atoms with Gasteiger partial charge in [-0.2, -0.15) is 0 Å². The fraction of sp³-hybridized carbons (Fsp3) is 0.381. The van der Waals surface area contributed by atoms with Gasteiger partial charge in [-0.25, -0.2) is 0 Å². The highest BCUT2D eigenvalue weighted by Gasteiger charge is 2.39. The van der Waals surface area contributed by atoms with Crippen LogP contribution in [-0.2, 0) is 0 Å². The number of aliphatic hydroxyl groups excluding tert-OH is 1. The molecule has 1 unspecified atom stereocenters. The van der Waals surface area contributed by atoms with E-state index in [1.807, 2.05) is 0 Å². The minimum atomic E-state index is -1.07. The zero-order valence-electron chi connectivity index (χ0n) is 15.5. The van der Waals surface area contributed by atoms with Crippen LogP contribution >= 0.6 is 0 Å². The Morgan fingerprint density at radius 2 is 1.74 bits per heavy atom. The summed E-state index contributed by atoms with van der Waals surface area (Å²) in [5, 5.41) is 10.8. The van der Waals surface area contributed by atoms with Gasteiger partial charge in [0.15, 0.2) is 17.7 Å². The van der Waals surface area contributed by atoms with E-state index < -0.39 is 6.23 Å². The number of anilines is 1. The summed E-state index contributed by atoms with van der Waals surface area (Å²) in [5.41, 5.74) is 1.48. The molecule has 0 radical (unpaired) electrons. The van der Waals surface area contributed by atoms with Crippen LogP contribution in [0.5, 0.6) is 17.2 Å². The molecule has 4 rings (SSSR count). The molecule has 1 atom stereocenters. The van der Waals surface area contributed by atoms with E-state index in [0.717, 1.165) is 25.7 Å². The van der Waals surface area contributed by atoms with Crippen LogP contribution in [0.15, 0.2) is 36.4 Å². The number of hydrogen-bond acceptors (Lipinski definition) is 5. The zero-order chi connectivity index (χ0) is 19.0. The van der Waals surface area contributed by atoms with Crippen molar-refractivity contribution in [2.24, 2.45) is 0 Å². The van der Waals surface area contributed by atoms with Gasteiger partial charge in [-0.05, 0) is 43.9 Å². The smallest absolute Gasteiger partial charge is 0.264 e. The van der Waals surface area contributed by atoms with Crippen molar-refractivity contribution in [2.75, 3.05) is 19.1 Å². The molecule has 142 valence electrons. The summed E-state index contributed by atoms with van der Waals surface area (Å²) in [6.07, 6.45) is 3.43. The van der Waals surface area contributed by atoms with Gasteiger partial charge in [-0.15, -0.1) is 0 Å². The van der Waals surface area contributed by atoms with Crippen molar-refractivity contribution in [3.63, 3.8) is 0 Å². The van der Waals surface area contributed by atoms with Crippen molar-refractivity contribution in [3.8, 4) is 17.2 Å². The highest BCUT2D eigenvalue weighted by Crippen LogP contribution is 2.42. The van der Waals surface area contributed by atoms with Crippen molar-refractivity contribution < 1.29 is 24.1 Å². The van der Waals surface area contributed by atoms with Crippen LogP contribution in [0.4, 0.5) is 5.69 Å². The highest BCUT2D eigenvalue weighted by atomic mass is 16.5. The molecule has 1 aliphatic heterocycles. The summed E-state index contributed by atoms with van der Waals surface area (Å²) in [6.45, 7) is 0.